The molecule has 0 aliphatic heterocycles. The Morgan fingerprint density at radius 2 is 1.67 bits per heavy atom. The standard InChI is InChI=1S/C24H31ClN2O2S/c1-17(2)15-26-24(29)19(4)27(16-20-7-5-18(3)6-8-20)23(28)13-14-30-22-11-9-21(25)10-12-22/h5-12,17,19H,13-16H2,1-4H3,(H,26,29)/t19-/m0/s1. The normalized spacial score (nSPS) is 11.9. The van der Waals surface area contributed by atoms with Crippen LogP contribution >= 0.6 is 23.4 Å². The van der Waals surface area contributed by atoms with Gasteiger partial charge in [-0.3, -0.25) is 9.59 Å². The third-order valence-corrected chi connectivity index (χ3v) is 5.99. The molecule has 0 fully saturated rings. The van der Waals surface area contributed by atoms with Crippen LogP contribution in [0.4, 0.5) is 0 Å². The Bertz CT molecular complexity index is 822. The molecular weight excluding hydrogens is 416 g/mol. The average Bonchev–Trinajstić information content (AvgIpc) is 2.72. The van der Waals surface area contributed by atoms with E-state index in [1.807, 2.05) is 69.3 Å². The zero-order chi connectivity index (χ0) is 22.1. The van der Waals surface area contributed by atoms with E-state index in [0.717, 1.165) is 10.5 Å². The predicted octanol–water partition coefficient (Wildman–Crippen LogP) is 5.32. The van der Waals surface area contributed by atoms with Crippen LogP contribution in [0.15, 0.2) is 53.4 Å². The molecule has 4 nitrogen and oxygen atoms in total. The monoisotopic (exact) mass is 446 g/mol. The molecule has 2 aromatic rings. The van der Waals surface area contributed by atoms with Crippen molar-refractivity contribution < 1.29 is 9.59 Å². The van der Waals surface area contributed by atoms with Crippen molar-refractivity contribution in [1.29, 1.82) is 0 Å². The maximum Gasteiger partial charge on any atom is 0.242 e. The number of benzene rings is 2. The van der Waals surface area contributed by atoms with E-state index in [1.165, 1.54) is 5.56 Å². The first-order valence-electron chi connectivity index (χ1n) is 10.3. The molecule has 0 saturated carbocycles. The van der Waals surface area contributed by atoms with Crippen molar-refractivity contribution in [3.8, 4) is 0 Å². The largest absolute Gasteiger partial charge is 0.354 e. The number of thioether (sulfide) groups is 1. The molecule has 0 radical (unpaired) electrons. The molecule has 2 aromatic carbocycles. The minimum absolute atomic E-state index is 0.0239. The van der Waals surface area contributed by atoms with E-state index < -0.39 is 6.04 Å². The van der Waals surface area contributed by atoms with Crippen LogP contribution in [0.3, 0.4) is 0 Å². The smallest absolute Gasteiger partial charge is 0.242 e. The Morgan fingerprint density at radius 1 is 1.03 bits per heavy atom. The fourth-order valence-corrected chi connectivity index (χ4v) is 3.82. The van der Waals surface area contributed by atoms with Crippen LogP contribution in [-0.4, -0.2) is 35.1 Å². The minimum Gasteiger partial charge on any atom is -0.354 e. The number of halogens is 1. The first-order chi connectivity index (χ1) is 14.3. The highest BCUT2D eigenvalue weighted by molar-refractivity contribution is 7.99. The summed E-state index contributed by atoms with van der Waals surface area (Å²) in [4.78, 5) is 28.4. The second-order valence-corrected chi connectivity index (χ2v) is 9.48. The van der Waals surface area contributed by atoms with Gasteiger partial charge in [0.15, 0.2) is 0 Å². The van der Waals surface area contributed by atoms with Gasteiger partial charge in [0.05, 0.1) is 0 Å². The number of nitrogens with one attached hydrogen (secondary N) is 1. The van der Waals surface area contributed by atoms with E-state index in [0.29, 0.717) is 36.2 Å². The summed E-state index contributed by atoms with van der Waals surface area (Å²) in [5, 5.41) is 3.64. The third-order valence-electron chi connectivity index (χ3n) is 4.72. The van der Waals surface area contributed by atoms with Gasteiger partial charge in [-0.1, -0.05) is 55.3 Å². The number of carbonyl (C=O) groups is 2. The lowest BCUT2D eigenvalue weighted by Crippen LogP contribution is -2.48. The SMILES string of the molecule is Cc1ccc(CN(C(=O)CCSc2ccc(Cl)cc2)[C@@H](C)C(=O)NCC(C)C)cc1. The molecule has 0 aromatic heterocycles. The van der Waals surface area contributed by atoms with Gasteiger partial charge in [0.2, 0.25) is 11.8 Å². The lowest BCUT2D eigenvalue weighted by molar-refractivity contribution is -0.140. The molecule has 0 saturated heterocycles. The molecule has 30 heavy (non-hydrogen) atoms. The molecule has 0 spiro atoms. The Morgan fingerprint density at radius 3 is 2.27 bits per heavy atom. The molecule has 2 amide bonds. The number of hydrogen-bond acceptors (Lipinski definition) is 3. The Kier molecular flexibility index (Phi) is 9.73. The van der Waals surface area contributed by atoms with Crippen molar-refractivity contribution in [1.82, 2.24) is 10.2 Å². The summed E-state index contributed by atoms with van der Waals surface area (Å²) < 4.78 is 0. The van der Waals surface area contributed by atoms with Crippen molar-refractivity contribution in [2.75, 3.05) is 12.3 Å². The van der Waals surface area contributed by atoms with Crippen molar-refractivity contribution in [3.63, 3.8) is 0 Å². The zero-order valence-corrected chi connectivity index (χ0v) is 19.7. The summed E-state index contributed by atoms with van der Waals surface area (Å²) in [6.45, 7) is 8.95. The summed E-state index contributed by atoms with van der Waals surface area (Å²) in [5.41, 5.74) is 2.18. The van der Waals surface area contributed by atoms with Crippen LogP contribution in [0, 0.1) is 12.8 Å². The van der Waals surface area contributed by atoms with E-state index in [2.05, 4.69) is 5.32 Å². The molecule has 162 valence electrons. The van der Waals surface area contributed by atoms with Crippen molar-refractivity contribution in [2.24, 2.45) is 5.92 Å². The summed E-state index contributed by atoms with van der Waals surface area (Å²) in [7, 11) is 0. The van der Waals surface area contributed by atoms with Gasteiger partial charge in [0, 0.05) is 35.2 Å². The number of carbonyl (C=O) groups excluding carboxylic acids is 2. The molecule has 1 atom stereocenters. The molecular formula is C24H31ClN2O2S. The minimum atomic E-state index is -0.530. The molecule has 0 aliphatic rings. The zero-order valence-electron chi connectivity index (χ0n) is 18.2. The van der Waals surface area contributed by atoms with Gasteiger partial charge in [0.25, 0.3) is 0 Å². The van der Waals surface area contributed by atoms with Crippen LogP contribution in [0.1, 0.15) is 38.3 Å². The predicted molar refractivity (Wildman–Crippen MR) is 126 cm³/mol. The first kappa shape index (κ1) is 24.3. The Hall–Kier alpha value is -1.98. The second kappa shape index (κ2) is 12.0. The number of aryl methyl sites for hydroxylation is 1. The van der Waals surface area contributed by atoms with E-state index in [4.69, 9.17) is 11.6 Å². The van der Waals surface area contributed by atoms with Gasteiger partial charge in [-0.05, 0) is 49.6 Å². The highest BCUT2D eigenvalue weighted by atomic mass is 35.5. The molecule has 0 unspecified atom stereocenters. The lowest BCUT2D eigenvalue weighted by atomic mass is 10.1. The van der Waals surface area contributed by atoms with Gasteiger partial charge in [-0.15, -0.1) is 11.8 Å². The van der Waals surface area contributed by atoms with Crippen LogP contribution in [0.2, 0.25) is 5.02 Å². The Labute approximate surface area is 189 Å². The van der Waals surface area contributed by atoms with Crippen LogP contribution < -0.4 is 5.32 Å². The summed E-state index contributed by atoms with van der Waals surface area (Å²) in [6, 6.07) is 15.1. The average molecular weight is 447 g/mol. The Balaban J connectivity index is 2.04. The summed E-state index contributed by atoms with van der Waals surface area (Å²) >= 11 is 7.54. The fraction of sp³-hybridized carbons (Fsp3) is 0.417. The highest BCUT2D eigenvalue weighted by Gasteiger charge is 2.25. The van der Waals surface area contributed by atoms with Gasteiger partial charge < -0.3 is 10.2 Å². The number of hydrogen-bond donors (Lipinski definition) is 1. The molecule has 2 rings (SSSR count). The van der Waals surface area contributed by atoms with Gasteiger partial charge >= 0.3 is 0 Å². The van der Waals surface area contributed by atoms with E-state index >= 15 is 0 Å². The van der Waals surface area contributed by atoms with Crippen LogP contribution in [-0.2, 0) is 16.1 Å². The number of amides is 2. The topological polar surface area (TPSA) is 49.4 Å². The first-order valence-corrected chi connectivity index (χ1v) is 11.6. The third kappa shape index (κ3) is 8.04. The summed E-state index contributed by atoms with van der Waals surface area (Å²) in [6.07, 6.45) is 0.362. The highest BCUT2D eigenvalue weighted by Crippen LogP contribution is 2.22. The molecule has 0 bridgehead atoms. The maximum absolute atomic E-state index is 13.1. The second-order valence-electron chi connectivity index (χ2n) is 7.87. The number of rotatable bonds is 10. The quantitative estimate of drug-likeness (QED) is 0.502. The van der Waals surface area contributed by atoms with Gasteiger partial charge in [-0.25, -0.2) is 0 Å². The van der Waals surface area contributed by atoms with E-state index in [-0.39, 0.29) is 11.8 Å². The van der Waals surface area contributed by atoms with Gasteiger partial charge in [-0.2, -0.15) is 0 Å². The summed E-state index contributed by atoms with van der Waals surface area (Å²) in [5.74, 6) is 0.863. The van der Waals surface area contributed by atoms with Crippen molar-refractivity contribution >= 4 is 35.2 Å². The molecule has 6 heteroatoms. The number of nitrogens with zero attached hydrogens (tertiary/aromatic N) is 1. The van der Waals surface area contributed by atoms with Crippen LogP contribution in [0.5, 0.6) is 0 Å². The fourth-order valence-electron chi connectivity index (χ4n) is 2.86. The molecule has 1 N–H and O–H groups in total. The van der Waals surface area contributed by atoms with Crippen molar-refractivity contribution in [2.45, 2.75) is 51.6 Å². The maximum atomic E-state index is 13.1. The van der Waals surface area contributed by atoms with E-state index in [9.17, 15) is 9.59 Å². The van der Waals surface area contributed by atoms with Crippen LogP contribution in [0.25, 0.3) is 0 Å². The lowest BCUT2D eigenvalue weighted by Gasteiger charge is -2.29. The van der Waals surface area contributed by atoms with Gasteiger partial charge in [0.1, 0.15) is 6.04 Å². The van der Waals surface area contributed by atoms with Crippen molar-refractivity contribution in [3.05, 3.63) is 64.7 Å². The molecule has 0 heterocycles. The molecule has 0 aliphatic carbocycles. The van der Waals surface area contributed by atoms with E-state index in [1.54, 1.807) is 23.6 Å².